The number of nitrogen functional groups attached to an aromatic ring is 1. The van der Waals surface area contributed by atoms with Crippen LogP contribution in [0.3, 0.4) is 0 Å². The highest BCUT2D eigenvalue weighted by atomic mass is 32.2. The number of para-hydroxylation sites is 1. The minimum Gasteiger partial charge on any atom is -0.493 e. The summed E-state index contributed by atoms with van der Waals surface area (Å²) in [6, 6.07) is 7.23. The number of nitrogens with zero attached hydrogens (tertiary/aromatic N) is 3. The number of anilines is 1. The van der Waals surface area contributed by atoms with E-state index < -0.39 is 17.0 Å². The van der Waals surface area contributed by atoms with E-state index in [4.69, 9.17) is 14.9 Å². The maximum absolute atomic E-state index is 12.6. The molecular formula is C19H21N5O5S. The Labute approximate surface area is 175 Å². The van der Waals surface area contributed by atoms with Crippen molar-refractivity contribution in [3.05, 3.63) is 50.7 Å². The normalized spacial score (nSPS) is 10.9. The Bertz CT molecular complexity index is 1170. The van der Waals surface area contributed by atoms with Crippen molar-refractivity contribution in [1.82, 2.24) is 19.7 Å². The third kappa shape index (κ3) is 4.46. The van der Waals surface area contributed by atoms with Gasteiger partial charge in [0.15, 0.2) is 5.78 Å². The molecule has 0 radical (unpaired) electrons. The fourth-order valence-corrected chi connectivity index (χ4v) is 3.44. The number of rotatable bonds is 9. The molecule has 10 nitrogen and oxygen atoms in total. The van der Waals surface area contributed by atoms with Gasteiger partial charge in [0, 0.05) is 6.54 Å². The molecule has 0 aliphatic carbocycles. The summed E-state index contributed by atoms with van der Waals surface area (Å²) < 4.78 is 12.4. The van der Waals surface area contributed by atoms with Gasteiger partial charge < -0.3 is 14.9 Å². The van der Waals surface area contributed by atoms with Crippen LogP contribution in [0.25, 0.3) is 11.5 Å². The lowest BCUT2D eigenvalue weighted by Gasteiger charge is -2.10. The van der Waals surface area contributed by atoms with Gasteiger partial charge in [0.1, 0.15) is 17.1 Å². The van der Waals surface area contributed by atoms with Crippen LogP contribution in [0.1, 0.15) is 30.6 Å². The van der Waals surface area contributed by atoms with Gasteiger partial charge in [-0.25, -0.2) is 4.79 Å². The van der Waals surface area contributed by atoms with Crippen molar-refractivity contribution in [1.29, 1.82) is 0 Å². The van der Waals surface area contributed by atoms with E-state index in [9.17, 15) is 14.4 Å². The zero-order valence-electron chi connectivity index (χ0n) is 16.5. The number of Topliss-reactive ketones (excluding diaryl/α,β-unsaturated/α-hetero) is 1. The van der Waals surface area contributed by atoms with Crippen molar-refractivity contribution in [2.45, 2.75) is 32.0 Å². The first-order chi connectivity index (χ1) is 14.5. The number of thioether (sulfide) groups is 1. The van der Waals surface area contributed by atoms with Crippen LogP contribution in [0.15, 0.2) is 43.5 Å². The van der Waals surface area contributed by atoms with Gasteiger partial charge in [0.05, 0.1) is 17.9 Å². The SMILES string of the molecule is CCCn1c(N)c(C(=O)CSc2nnc(-c3ccccc3OCC)o2)c(=O)[nH]c1=O. The number of H-pyrrole nitrogens is 1. The molecule has 0 amide bonds. The number of aromatic nitrogens is 4. The second-order valence-corrected chi connectivity index (χ2v) is 7.11. The molecule has 3 N–H and O–H groups in total. The van der Waals surface area contributed by atoms with E-state index in [2.05, 4.69) is 15.2 Å². The summed E-state index contributed by atoms with van der Waals surface area (Å²) in [6.45, 7) is 4.50. The van der Waals surface area contributed by atoms with E-state index in [1.54, 1.807) is 12.1 Å². The van der Waals surface area contributed by atoms with Crippen molar-refractivity contribution in [3.63, 3.8) is 0 Å². The Morgan fingerprint density at radius 1 is 1.27 bits per heavy atom. The van der Waals surface area contributed by atoms with E-state index in [-0.39, 0.29) is 28.2 Å². The Balaban J connectivity index is 1.78. The number of carbonyl (C=O) groups is 1. The standard InChI is InChI=1S/C19H21N5O5S/c1-3-9-24-15(20)14(16(26)21-18(24)27)12(25)10-30-19-23-22-17(29-19)11-7-5-6-8-13(11)28-4-2/h5-8H,3-4,9-10,20H2,1-2H3,(H,21,26,27). The topological polar surface area (TPSA) is 146 Å². The quantitative estimate of drug-likeness (QED) is 0.383. The first-order valence-corrected chi connectivity index (χ1v) is 10.3. The number of hydrogen-bond acceptors (Lipinski definition) is 9. The van der Waals surface area contributed by atoms with E-state index in [1.807, 2.05) is 26.0 Å². The number of nitrogens with two attached hydrogens (primary N) is 1. The van der Waals surface area contributed by atoms with Crippen molar-refractivity contribution < 1.29 is 13.9 Å². The number of carbonyl (C=O) groups excluding carboxylic acids is 1. The molecule has 0 saturated carbocycles. The van der Waals surface area contributed by atoms with Crippen LogP contribution in [-0.4, -0.2) is 37.9 Å². The maximum atomic E-state index is 12.6. The molecule has 1 aromatic carbocycles. The predicted octanol–water partition coefficient (Wildman–Crippen LogP) is 1.95. The fourth-order valence-electron chi connectivity index (χ4n) is 2.80. The summed E-state index contributed by atoms with van der Waals surface area (Å²) in [4.78, 5) is 38.7. The van der Waals surface area contributed by atoms with Gasteiger partial charge in [-0.2, -0.15) is 0 Å². The largest absolute Gasteiger partial charge is 0.493 e. The van der Waals surface area contributed by atoms with Crippen molar-refractivity contribution in [2.24, 2.45) is 0 Å². The van der Waals surface area contributed by atoms with Crippen molar-refractivity contribution in [2.75, 3.05) is 18.1 Å². The van der Waals surface area contributed by atoms with Gasteiger partial charge >= 0.3 is 5.69 Å². The molecule has 11 heteroatoms. The first kappa shape index (κ1) is 21.4. The molecule has 0 aliphatic rings. The number of hydrogen-bond donors (Lipinski definition) is 2. The first-order valence-electron chi connectivity index (χ1n) is 9.30. The second kappa shape index (κ2) is 9.44. The van der Waals surface area contributed by atoms with Gasteiger partial charge in [0.25, 0.3) is 16.7 Å². The van der Waals surface area contributed by atoms with Crippen molar-refractivity contribution in [3.8, 4) is 17.2 Å². The maximum Gasteiger partial charge on any atom is 0.329 e. The van der Waals surface area contributed by atoms with Gasteiger partial charge in [-0.05, 0) is 25.5 Å². The fraction of sp³-hybridized carbons (Fsp3) is 0.316. The summed E-state index contributed by atoms with van der Waals surface area (Å²) in [5.41, 5.74) is 4.84. The smallest absolute Gasteiger partial charge is 0.329 e. The summed E-state index contributed by atoms with van der Waals surface area (Å²) in [5, 5.41) is 8.08. The zero-order valence-corrected chi connectivity index (χ0v) is 17.3. The Morgan fingerprint density at radius 3 is 2.77 bits per heavy atom. The highest BCUT2D eigenvalue weighted by Gasteiger charge is 2.21. The lowest BCUT2D eigenvalue weighted by molar-refractivity contribution is 0.102. The zero-order chi connectivity index (χ0) is 21.7. The van der Waals surface area contributed by atoms with Crippen LogP contribution < -0.4 is 21.7 Å². The van der Waals surface area contributed by atoms with Crippen LogP contribution in [0.5, 0.6) is 5.75 Å². The number of ketones is 1. The monoisotopic (exact) mass is 431 g/mol. The van der Waals surface area contributed by atoms with Gasteiger partial charge in [-0.15, -0.1) is 10.2 Å². The summed E-state index contributed by atoms with van der Waals surface area (Å²) in [7, 11) is 0. The highest BCUT2D eigenvalue weighted by molar-refractivity contribution is 7.99. The molecule has 0 atom stereocenters. The minimum absolute atomic E-state index is 0.145. The average Bonchev–Trinajstić information content (AvgIpc) is 3.19. The molecule has 0 spiro atoms. The van der Waals surface area contributed by atoms with Crippen LogP contribution >= 0.6 is 11.8 Å². The molecular weight excluding hydrogens is 410 g/mol. The van der Waals surface area contributed by atoms with Gasteiger partial charge in [-0.3, -0.25) is 19.1 Å². The average molecular weight is 431 g/mol. The molecule has 0 bridgehead atoms. The number of nitrogens with one attached hydrogen (secondary N) is 1. The van der Waals surface area contributed by atoms with Crippen LogP contribution in [0.2, 0.25) is 0 Å². The molecule has 2 aromatic heterocycles. The molecule has 2 heterocycles. The molecule has 0 fully saturated rings. The highest BCUT2D eigenvalue weighted by Crippen LogP contribution is 2.30. The molecule has 158 valence electrons. The molecule has 3 aromatic rings. The van der Waals surface area contributed by atoms with E-state index in [0.717, 1.165) is 11.8 Å². The van der Waals surface area contributed by atoms with Crippen LogP contribution in [0, 0.1) is 0 Å². The lowest BCUT2D eigenvalue weighted by Crippen LogP contribution is -2.36. The number of aromatic amines is 1. The Morgan fingerprint density at radius 2 is 2.03 bits per heavy atom. The Kier molecular flexibility index (Phi) is 6.72. The summed E-state index contributed by atoms with van der Waals surface area (Å²) in [6.07, 6.45) is 0.618. The second-order valence-electron chi connectivity index (χ2n) is 6.19. The minimum atomic E-state index is -0.813. The van der Waals surface area contributed by atoms with Crippen molar-refractivity contribution >= 4 is 23.4 Å². The molecule has 0 aliphatic heterocycles. The van der Waals surface area contributed by atoms with E-state index in [1.165, 1.54) is 4.57 Å². The molecule has 3 rings (SSSR count). The summed E-state index contributed by atoms with van der Waals surface area (Å²) in [5.74, 6) is 0.00884. The van der Waals surface area contributed by atoms with Gasteiger partial charge in [-0.1, -0.05) is 30.8 Å². The van der Waals surface area contributed by atoms with Crippen LogP contribution in [-0.2, 0) is 6.54 Å². The van der Waals surface area contributed by atoms with Gasteiger partial charge in [0.2, 0.25) is 0 Å². The number of benzene rings is 1. The number of ether oxygens (including phenoxy) is 1. The Hall–Kier alpha value is -3.34. The lowest BCUT2D eigenvalue weighted by atomic mass is 10.2. The van der Waals surface area contributed by atoms with Crippen LogP contribution in [0.4, 0.5) is 5.82 Å². The molecule has 0 saturated heterocycles. The predicted molar refractivity (Wildman–Crippen MR) is 112 cm³/mol. The molecule has 0 unspecified atom stereocenters. The molecule has 30 heavy (non-hydrogen) atoms. The van der Waals surface area contributed by atoms with E-state index >= 15 is 0 Å². The summed E-state index contributed by atoms with van der Waals surface area (Å²) >= 11 is 0.973. The van der Waals surface area contributed by atoms with E-state index in [0.29, 0.717) is 30.9 Å². The third-order valence-corrected chi connectivity index (χ3v) is 4.93. The third-order valence-electron chi connectivity index (χ3n) is 4.12.